The summed E-state index contributed by atoms with van der Waals surface area (Å²) in [5.74, 6) is 1.08. The molecule has 0 unspecified atom stereocenters. The number of hydrogen-bond acceptors (Lipinski definition) is 5. The second-order valence-corrected chi connectivity index (χ2v) is 8.25. The smallest absolute Gasteiger partial charge is 0.293 e. The average molecular weight is 462 g/mol. The number of carbonyl (C=O) groups excluding carboxylic acids is 2. The van der Waals surface area contributed by atoms with Crippen LogP contribution in [0.3, 0.4) is 0 Å². The number of ether oxygens (including phenoxy) is 2. The molecule has 5 nitrogen and oxygen atoms in total. The van der Waals surface area contributed by atoms with Gasteiger partial charge in [-0.1, -0.05) is 28.1 Å². The van der Waals surface area contributed by atoms with Gasteiger partial charge in [0, 0.05) is 10.0 Å². The SMILES string of the molecule is COc1ccc(Br)cc1/C=C1\SC(=O)N(CCOc2cc(C)ccc2C)C1=O. The fourth-order valence-corrected chi connectivity index (χ4v) is 4.00. The number of hydrogen-bond donors (Lipinski definition) is 0. The molecule has 0 bridgehead atoms. The summed E-state index contributed by atoms with van der Waals surface area (Å²) in [5.41, 5.74) is 2.84. The lowest BCUT2D eigenvalue weighted by atomic mass is 10.1. The number of halogens is 1. The van der Waals surface area contributed by atoms with Gasteiger partial charge in [0.25, 0.3) is 11.1 Å². The van der Waals surface area contributed by atoms with Gasteiger partial charge in [-0.25, -0.2) is 0 Å². The molecule has 7 heteroatoms. The van der Waals surface area contributed by atoms with Crippen molar-refractivity contribution in [3.8, 4) is 11.5 Å². The Morgan fingerprint density at radius 2 is 1.89 bits per heavy atom. The summed E-state index contributed by atoms with van der Waals surface area (Å²) in [6.45, 7) is 4.40. The minimum atomic E-state index is -0.318. The van der Waals surface area contributed by atoms with Crippen LogP contribution in [0.15, 0.2) is 45.8 Å². The summed E-state index contributed by atoms with van der Waals surface area (Å²) >= 11 is 4.34. The van der Waals surface area contributed by atoms with E-state index in [2.05, 4.69) is 15.9 Å². The molecule has 1 aliphatic heterocycles. The molecular weight excluding hydrogens is 442 g/mol. The quantitative estimate of drug-likeness (QED) is 0.553. The van der Waals surface area contributed by atoms with E-state index in [1.54, 1.807) is 19.3 Å². The Bertz CT molecular complexity index is 957. The first-order valence-corrected chi connectivity index (χ1v) is 10.3. The fourth-order valence-electron chi connectivity index (χ4n) is 2.76. The van der Waals surface area contributed by atoms with Crippen molar-refractivity contribution in [3.05, 3.63) is 62.5 Å². The van der Waals surface area contributed by atoms with E-state index in [4.69, 9.17) is 9.47 Å². The molecule has 0 aliphatic carbocycles. The normalized spacial score (nSPS) is 15.4. The summed E-state index contributed by atoms with van der Waals surface area (Å²) in [7, 11) is 1.57. The minimum Gasteiger partial charge on any atom is -0.496 e. The molecule has 2 aromatic carbocycles. The lowest BCUT2D eigenvalue weighted by Crippen LogP contribution is -2.32. The monoisotopic (exact) mass is 461 g/mol. The third-order valence-electron chi connectivity index (χ3n) is 4.27. The van der Waals surface area contributed by atoms with E-state index in [1.807, 2.05) is 44.2 Å². The number of methoxy groups -OCH3 is 1. The van der Waals surface area contributed by atoms with Crippen molar-refractivity contribution in [3.63, 3.8) is 0 Å². The molecule has 2 amide bonds. The van der Waals surface area contributed by atoms with Gasteiger partial charge in [0.15, 0.2) is 0 Å². The molecule has 2 aromatic rings. The molecule has 0 aromatic heterocycles. The summed E-state index contributed by atoms with van der Waals surface area (Å²) in [5, 5.41) is -0.297. The first-order valence-electron chi connectivity index (χ1n) is 8.68. The maximum atomic E-state index is 12.7. The number of nitrogens with zero attached hydrogens (tertiary/aromatic N) is 1. The van der Waals surface area contributed by atoms with Gasteiger partial charge in [0.1, 0.15) is 18.1 Å². The second-order valence-electron chi connectivity index (χ2n) is 6.34. The van der Waals surface area contributed by atoms with Gasteiger partial charge < -0.3 is 9.47 Å². The van der Waals surface area contributed by atoms with Crippen LogP contribution in [0.4, 0.5) is 4.79 Å². The van der Waals surface area contributed by atoms with E-state index in [0.29, 0.717) is 10.7 Å². The number of benzene rings is 2. The lowest BCUT2D eigenvalue weighted by Gasteiger charge is -2.14. The largest absolute Gasteiger partial charge is 0.496 e. The van der Waals surface area contributed by atoms with Gasteiger partial charge in [0.2, 0.25) is 0 Å². The van der Waals surface area contributed by atoms with E-state index in [-0.39, 0.29) is 24.3 Å². The van der Waals surface area contributed by atoms with E-state index in [9.17, 15) is 9.59 Å². The van der Waals surface area contributed by atoms with Gasteiger partial charge >= 0.3 is 0 Å². The Kier molecular flexibility index (Phi) is 6.46. The van der Waals surface area contributed by atoms with Crippen molar-refractivity contribution in [2.45, 2.75) is 13.8 Å². The van der Waals surface area contributed by atoms with Gasteiger partial charge in [-0.3, -0.25) is 14.5 Å². The molecule has 0 atom stereocenters. The van der Waals surface area contributed by atoms with Crippen molar-refractivity contribution in [1.29, 1.82) is 0 Å². The Balaban J connectivity index is 1.70. The fraction of sp³-hybridized carbons (Fsp3) is 0.238. The highest BCUT2D eigenvalue weighted by molar-refractivity contribution is 9.10. The topological polar surface area (TPSA) is 55.8 Å². The molecule has 1 saturated heterocycles. The number of carbonyl (C=O) groups is 2. The van der Waals surface area contributed by atoms with Crippen LogP contribution in [0.5, 0.6) is 11.5 Å². The molecule has 1 heterocycles. The molecule has 28 heavy (non-hydrogen) atoms. The molecule has 0 saturated carbocycles. The Hall–Kier alpha value is -2.25. The van der Waals surface area contributed by atoms with Crippen molar-refractivity contribution in [1.82, 2.24) is 4.90 Å². The number of imide groups is 1. The second kappa shape index (κ2) is 8.84. The van der Waals surface area contributed by atoms with E-state index < -0.39 is 0 Å². The van der Waals surface area contributed by atoms with Crippen LogP contribution in [-0.2, 0) is 4.79 Å². The zero-order chi connectivity index (χ0) is 20.3. The molecule has 0 radical (unpaired) electrons. The van der Waals surface area contributed by atoms with Gasteiger partial charge in [-0.05, 0) is 67.1 Å². The van der Waals surface area contributed by atoms with Crippen molar-refractivity contribution >= 4 is 44.9 Å². The Labute approximate surface area is 176 Å². The molecule has 1 fully saturated rings. The first-order chi connectivity index (χ1) is 13.4. The van der Waals surface area contributed by atoms with Gasteiger partial charge in [-0.2, -0.15) is 0 Å². The average Bonchev–Trinajstić information content (AvgIpc) is 2.92. The third kappa shape index (κ3) is 4.59. The summed E-state index contributed by atoms with van der Waals surface area (Å²) in [6.07, 6.45) is 1.68. The van der Waals surface area contributed by atoms with Crippen LogP contribution in [0.1, 0.15) is 16.7 Å². The Morgan fingerprint density at radius 1 is 1.11 bits per heavy atom. The number of rotatable bonds is 6. The van der Waals surface area contributed by atoms with Crippen LogP contribution in [0.25, 0.3) is 6.08 Å². The van der Waals surface area contributed by atoms with Crippen molar-refractivity contribution in [2.75, 3.05) is 20.3 Å². The van der Waals surface area contributed by atoms with Crippen LogP contribution in [0.2, 0.25) is 0 Å². The zero-order valence-corrected chi connectivity index (χ0v) is 18.2. The first kappa shape index (κ1) is 20.5. The number of aryl methyl sites for hydroxylation is 2. The molecular formula is C21H20BrNO4S. The lowest BCUT2D eigenvalue weighted by molar-refractivity contribution is -0.123. The van der Waals surface area contributed by atoms with Crippen LogP contribution < -0.4 is 9.47 Å². The Morgan fingerprint density at radius 3 is 2.64 bits per heavy atom. The van der Waals surface area contributed by atoms with E-state index >= 15 is 0 Å². The molecule has 0 spiro atoms. The van der Waals surface area contributed by atoms with Crippen LogP contribution in [-0.4, -0.2) is 36.3 Å². The van der Waals surface area contributed by atoms with Crippen LogP contribution in [0, 0.1) is 13.8 Å². The number of amides is 2. The molecule has 0 N–H and O–H groups in total. The molecule has 3 rings (SSSR count). The molecule has 146 valence electrons. The highest BCUT2D eigenvalue weighted by atomic mass is 79.9. The summed E-state index contributed by atoms with van der Waals surface area (Å²) in [6, 6.07) is 11.4. The standard InChI is InChI=1S/C21H20BrNO4S/c1-13-4-5-14(2)18(10-13)27-9-8-23-20(24)19(28-21(23)25)12-15-11-16(22)6-7-17(15)26-3/h4-7,10-12H,8-9H2,1-3H3/b19-12-. The minimum absolute atomic E-state index is 0.199. The number of thioether (sulfide) groups is 1. The highest BCUT2D eigenvalue weighted by Gasteiger charge is 2.35. The van der Waals surface area contributed by atoms with Crippen molar-refractivity contribution in [2.24, 2.45) is 0 Å². The molecule has 1 aliphatic rings. The summed E-state index contributed by atoms with van der Waals surface area (Å²) in [4.78, 5) is 26.6. The predicted octanol–water partition coefficient (Wildman–Crippen LogP) is 5.19. The van der Waals surface area contributed by atoms with Crippen LogP contribution >= 0.6 is 27.7 Å². The maximum Gasteiger partial charge on any atom is 0.293 e. The van der Waals surface area contributed by atoms with Crippen molar-refractivity contribution < 1.29 is 19.1 Å². The van der Waals surface area contributed by atoms with E-state index in [0.717, 1.165) is 38.7 Å². The maximum absolute atomic E-state index is 12.7. The highest BCUT2D eigenvalue weighted by Crippen LogP contribution is 2.34. The predicted molar refractivity (Wildman–Crippen MR) is 115 cm³/mol. The van der Waals surface area contributed by atoms with Gasteiger partial charge in [-0.15, -0.1) is 0 Å². The van der Waals surface area contributed by atoms with E-state index in [1.165, 1.54) is 4.90 Å². The summed E-state index contributed by atoms with van der Waals surface area (Å²) < 4.78 is 12.0. The third-order valence-corrected chi connectivity index (χ3v) is 5.67. The van der Waals surface area contributed by atoms with Gasteiger partial charge in [0.05, 0.1) is 18.6 Å². The zero-order valence-electron chi connectivity index (χ0n) is 15.8.